The lowest BCUT2D eigenvalue weighted by Crippen LogP contribution is -2.36. The molecule has 1 atom stereocenters. The summed E-state index contributed by atoms with van der Waals surface area (Å²) in [5, 5.41) is 12.1. The number of phenols is 1. The quantitative estimate of drug-likeness (QED) is 0.648. The zero-order valence-corrected chi connectivity index (χ0v) is 13.1. The van der Waals surface area contributed by atoms with E-state index < -0.39 is 5.92 Å². The number of aromatic hydroxyl groups is 1. The van der Waals surface area contributed by atoms with Crippen molar-refractivity contribution in [2.75, 3.05) is 12.4 Å². The molecule has 5 heteroatoms. The van der Waals surface area contributed by atoms with Gasteiger partial charge in [-0.15, -0.1) is 0 Å². The Balaban J connectivity index is 1.93. The van der Waals surface area contributed by atoms with Crippen LogP contribution >= 0.6 is 0 Å². The van der Waals surface area contributed by atoms with Crippen LogP contribution < -0.4 is 5.32 Å². The lowest BCUT2D eigenvalue weighted by atomic mass is 9.86. The van der Waals surface area contributed by atoms with Crippen LogP contribution in [0.3, 0.4) is 0 Å². The van der Waals surface area contributed by atoms with E-state index in [1.165, 1.54) is 23.2 Å². The van der Waals surface area contributed by atoms with Crippen LogP contribution in [0.25, 0.3) is 0 Å². The number of likely N-dealkylation sites (N-methyl/N-ethyl adjacent to an activating group) is 1. The normalized spacial score (nSPS) is 20.5. The van der Waals surface area contributed by atoms with E-state index in [-0.39, 0.29) is 17.6 Å². The first-order chi connectivity index (χ1) is 11.6. The Morgan fingerprint density at radius 3 is 2.83 bits per heavy atom. The van der Waals surface area contributed by atoms with E-state index in [4.69, 9.17) is 0 Å². The van der Waals surface area contributed by atoms with Crippen molar-refractivity contribution in [3.05, 3.63) is 59.8 Å². The van der Waals surface area contributed by atoms with Crippen LogP contribution in [-0.4, -0.2) is 28.9 Å². The van der Waals surface area contributed by atoms with Crippen molar-refractivity contribution in [1.82, 2.24) is 4.90 Å². The van der Waals surface area contributed by atoms with Crippen LogP contribution in [0, 0.1) is 17.8 Å². The van der Waals surface area contributed by atoms with E-state index in [9.17, 15) is 14.7 Å². The molecule has 0 spiro atoms. The van der Waals surface area contributed by atoms with Crippen molar-refractivity contribution in [2.24, 2.45) is 5.92 Å². The number of phenolic OH excluding ortho intramolecular Hbond substituents is 1. The Hall–Kier alpha value is -3.26. The van der Waals surface area contributed by atoms with E-state index in [1.807, 2.05) is 6.08 Å². The van der Waals surface area contributed by atoms with Gasteiger partial charge in [-0.2, -0.15) is 0 Å². The largest absolute Gasteiger partial charge is 0.508 e. The molecule has 5 nitrogen and oxygen atoms in total. The van der Waals surface area contributed by atoms with Crippen molar-refractivity contribution in [1.29, 1.82) is 0 Å². The molecule has 0 aromatic heterocycles. The van der Waals surface area contributed by atoms with Gasteiger partial charge in [-0.05, 0) is 24.3 Å². The lowest BCUT2D eigenvalue weighted by molar-refractivity contribution is -0.124. The molecular weight excluding hydrogens is 304 g/mol. The summed E-state index contributed by atoms with van der Waals surface area (Å²) in [7, 11) is 1.61. The van der Waals surface area contributed by atoms with Crippen molar-refractivity contribution in [2.45, 2.75) is 6.42 Å². The highest BCUT2D eigenvalue weighted by molar-refractivity contribution is 6.09. The molecule has 2 aliphatic rings. The molecule has 24 heavy (non-hydrogen) atoms. The minimum Gasteiger partial charge on any atom is -0.508 e. The molecule has 1 aliphatic heterocycles. The maximum absolute atomic E-state index is 12.7. The van der Waals surface area contributed by atoms with Gasteiger partial charge in [-0.3, -0.25) is 9.59 Å². The molecule has 0 saturated heterocycles. The van der Waals surface area contributed by atoms with Gasteiger partial charge in [0.2, 0.25) is 0 Å². The lowest BCUT2D eigenvalue weighted by Gasteiger charge is -2.27. The van der Waals surface area contributed by atoms with Crippen LogP contribution in [0.4, 0.5) is 5.69 Å². The fourth-order valence-corrected chi connectivity index (χ4v) is 2.56. The number of fused-ring (bicyclic) bond motifs is 1. The molecule has 0 radical (unpaired) electrons. The Bertz CT molecular complexity index is 836. The third kappa shape index (κ3) is 3.08. The SMILES string of the molecule is CN1C=C(C(=O)Nc2ccc(O)cc2)C2C#CC/C=C\C=C2C1=O. The van der Waals surface area contributed by atoms with Gasteiger partial charge in [0.15, 0.2) is 0 Å². The van der Waals surface area contributed by atoms with Crippen molar-refractivity contribution >= 4 is 17.5 Å². The molecule has 1 aliphatic carbocycles. The molecular formula is C19H16N2O3. The van der Waals surface area contributed by atoms with E-state index in [0.29, 0.717) is 23.3 Å². The molecule has 1 heterocycles. The molecule has 2 N–H and O–H groups in total. The molecule has 0 fully saturated rings. The molecule has 2 amide bonds. The van der Waals surface area contributed by atoms with Crippen molar-refractivity contribution in [3.63, 3.8) is 0 Å². The van der Waals surface area contributed by atoms with Gasteiger partial charge in [-0.1, -0.05) is 30.1 Å². The predicted molar refractivity (Wildman–Crippen MR) is 90.7 cm³/mol. The third-order valence-electron chi connectivity index (χ3n) is 3.79. The van der Waals surface area contributed by atoms with Gasteiger partial charge in [0.05, 0.1) is 11.5 Å². The fraction of sp³-hybridized carbons (Fsp3) is 0.158. The van der Waals surface area contributed by atoms with Gasteiger partial charge in [-0.25, -0.2) is 0 Å². The highest BCUT2D eigenvalue weighted by atomic mass is 16.3. The number of benzene rings is 1. The van der Waals surface area contributed by atoms with Crippen molar-refractivity contribution < 1.29 is 14.7 Å². The smallest absolute Gasteiger partial charge is 0.255 e. The number of nitrogens with one attached hydrogen (secondary N) is 1. The first kappa shape index (κ1) is 15.6. The van der Waals surface area contributed by atoms with Gasteiger partial charge in [0.25, 0.3) is 11.8 Å². The maximum atomic E-state index is 12.7. The number of carbonyl (C=O) groups excluding carboxylic acids is 2. The number of allylic oxidation sites excluding steroid dienone is 3. The summed E-state index contributed by atoms with van der Waals surface area (Å²) in [6.07, 6.45) is 7.50. The van der Waals surface area contributed by atoms with Crippen LogP contribution in [-0.2, 0) is 9.59 Å². The van der Waals surface area contributed by atoms with Crippen LogP contribution in [0.2, 0.25) is 0 Å². The molecule has 1 aromatic carbocycles. The molecule has 0 saturated carbocycles. The van der Waals surface area contributed by atoms with E-state index >= 15 is 0 Å². The highest BCUT2D eigenvalue weighted by Crippen LogP contribution is 2.29. The summed E-state index contributed by atoms with van der Waals surface area (Å²) in [6, 6.07) is 6.20. The summed E-state index contributed by atoms with van der Waals surface area (Å²) < 4.78 is 0. The zero-order valence-electron chi connectivity index (χ0n) is 13.1. The maximum Gasteiger partial charge on any atom is 0.255 e. The second-order valence-electron chi connectivity index (χ2n) is 5.51. The van der Waals surface area contributed by atoms with Crippen LogP contribution in [0.5, 0.6) is 5.75 Å². The van der Waals surface area contributed by atoms with Crippen LogP contribution in [0.15, 0.2) is 59.8 Å². The average molecular weight is 320 g/mol. The van der Waals surface area contributed by atoms with Crippen LogP contribution in [0.1, 0.15) is 6.42 Å². The minimum atomic E-state index is -0.546. The Morgan fingerprint density at radius 1 is 1.33 bits per heavy atom. The number of hydrogen-bond acceptors (Lipinski definition) is 3. The molecule has 0 bridgehead atoms. The van der Waals surface area contributed by atoms with Gasteiger partial charge < -0.3 is 15.3 Å². The number of carbonyl (C=O) groups is 2. The summed E-state index contributed by atoms with van der Waals surface area (Å²) in [4.78, 5) is 26.4. The third-order valence-corrected chi connectivity index (χ3v) is 3.79. The van der Waals surface area contributed by atoms with Gasteiger partial charge in [0, 0.05) is 30.9 Å². The molecule has 3 rings (SSSR count). The molecule has 1 unspecified atom stereocenters. The predicted octanol–water partition coefficient (Wildman–Crippen LogP) is 2.19. The Labute approximate surface area is 140 Å². The monoisotopic (exact) mass is 320 g/mol. The fourth-order valence-electron chi connectivity index (χ4n) is 2.56. The number of nitrogens with zero attached hydrogens (tertiary/aromatic N) is 1. The second kappa shape index (κ2) is 6.47. The summed E-state index contributed by atoms with van der Waals surface area (Å²) >= 11 is 0. The van der Waals surface area contributed by atoms with E-state index in [1.54, 1.807) is 31.3 Å². The Kier molecular flexibility index (Phi) is 4.21. The number of hydrogen-bond donors (Lipinski definition) is 2. The first-order valence-electron chi connectivity index (χ1n) is 7.50. The average Bonchev–Trinajstić information content (AvgIpc) is 2.53. The summed E-state index contributed by atoms with van der Waals surface area (Å²) in [5.74, 6) is 5.08. The number of amides is 2. The first-order valence-corrected chi connectivity index (χ1v) is 7.50. The summed E-state index contributed by atoms with van der Waals surface area (Å²) in [6.45, 7) is 0. The van der Waals surface area contributed by atoms with Crippen molar-refractivity contribution in [3.8, 4) is 17.6 Å². The van der Waals surface area contributed by atoms with E-state index in [0.717, 1.165) is 0 Å². The van der Waals surface area contributed by atoms with Gasteiger partial charge >= 0.3 is 0 Å². The zero-order chi connectivity index (χ0) is 17.1. The molecule has 1 aromatic rings. The molecule has 120 valence electrons. The summed E-state index contributed by atoms with van der Waals surface area (Å²) in [5.41, 5.74) is 1.46. The number of anilines is 1. The highest BCUT2D eigenvalue weighted by Gasteiger charge is 2.33. The minimum absolute atomic E-state index is 0.123. The van der Waals surface area contributed by atoms with Gasteiger partial charge in [0.1, 0.15) is 5.75 Å². The standard InChI is InChI=1S/C19H16N2O3/c1-21-12-17(18(23)20-13-8-10-14(22)11-9-13)15-6-4-2-3-5-7-16(15)19(21)24/h3,5,7-12,15,22H,2H2,1H3,(H,20,23)/b5-3-,16-7?. The number of rotatable bonds is 2. The Morgan fingerprint density at radius 2 is 2.08 bits per heavy atom. The van der Waals surface area contributed by atoms with E-state index in [2.05, 4.69) is 17.2 Å². The second-order valence-corrected chi connectivity index (χ2v) is 5.51. The topological polar surface area (TPSA) is 69.6 Å².